The molecule has 1 atom stereocenters. The third-order valence-electron chi connectivity index (χ3n) is 2.84. The van der Waals surface area contributed by atoms with Crippen LogP contribution in [0, 0.1) is 0 Å². The summed E-state index contributed by atoms with van der Waals surface area (Å²) in [5.74, 6) is -0.669. The van der Waals surface area contributed by atoms with Gasteiger partial charge >= 0.3 is 0 Å². The highest BCUT2D eigenvalue weighted by Crippen LogP contribution is 2.21. The summed E-state index contributed by atoms with van der Waals surface area (Å²) >= 11 is 1.57. The molecule has 5 heteroatoms. The Balaban J connectivity index is 2.25. The molecule has 0 aromatic heterocycles. The second kappa shape index (κ2) is 5.27. The molecular weight excluding hydrogens is 248 g/mol. The molecule has 0 spiro atoms. The second-order valence-corrected chi connectivity index (χ2v) is 4.86. The third-order valence-corrected chi connectivity index (χ3v) is 3.57. The molecule has 94 valence electrons. The predicted octanol–water partition coefficient (Wildman–Crippen LogP) is 1.62. The number of carbonyl (C=O) groups is 2. The van der Waals surface area contributed by atoms with Gasteiger partial charge in [-0.15, -0.1) is 11.8 Å². The van der Waals surface area contributed by atoms with Crippen molar-refractivity contribution in [3.05, 3.63) is 42.1 Å². The smallest absolute Gasteiger partial charge is 0.258 e. The molecule has 0 radical (unpaired) electrons. The van der Waals surface area contributed by atoms with E-state index in [2.05, 4.69) is 0 Å². The number of thioether (sulfide) groups is 1. The van der Waals surface area contributed by atoms with Crippen molar-refractivity contribution >= 4 is 23.6 Å². The summed E-state index contributed by atoms with van der Waals surface area (Å²) in [6.07, 6.45) is 5.85. The van der Waals surface area contributed by atoms with Crippen molar-refractivity contribution in [1.29, 1.82) is 0 Å². The molecule has 0 fully saturated rings. The van der Waals surface area contributed by atoms with E-state index < -0.39 is 11.9 Å². The molecule has 1 aliphatic heterocycles. The van der Waals surface area contributed by atoms with Crippen LogP contribution < -0.4 is 5.73 Å². The Morgan fingerprint density at radius 1 is 1.44 bits per heavy atom. The highest BCUT2D eigenvalue weighted by atomic mass is 32.2. The molecule has 2 amide bonds. The van der Waals surface area contributed by atoms with Crippen molar-refractivity contribution in [3.63, 3.8) is 0 Å². The largest absolute Gasteiger partial charge is 0.368 e. The van der Waals surface area contributed by atoms with Gasteiger partial charge in [-0.3, -0.25) is 9.59 Å². The first-order chi connectivity index (χ1) is 8.63. The Labute approximate surface area is 110 Å². The molecule has 2 N–H and O–H groups in total. The molecule has 1 unspecified atom stereocenters. The Bertz CT molecular complexity index is 513. The van der Waals surface area contributed by atoms with Gasteiger partial charge in [-0.25, -0.2) is 0 Å². The third kappa shape index (κ3) is 2.41. The maximum Gasteiger partial charge on any atom is 0.258 e. The van der Waals surface area contributed by atoms with Crippen LogP contribution in [0.25, 0.3) is 0 Å². The van der Waals surface area contributed by atoms with Crippen LogP contribution in [0.15, 0.2) is 41.4 Å². The van der Waals surface area contributed by atoms with Gasteiger partial charge in [-0.05, 0) is 30.9 Å². The predicted molar refractivity (Wildman–Crippen MR) is 71.1 cm³/mol. The van der Waals surface area contributed by atoms with Crippen LogP contribution in [0.4, 0.5) is 0 Å². The van der Waals surface area contributed by atoms with Crippen LogP contribution in [0.1, 0.15) is 16.8 Å². The molecular formula is C13H14N2O2S. The number of nitrogens with zero attached hydrogens (tertiary/aromatic N) is 1. The lowest BCUT2D eigenvalue weighted by molar-refractivity contribution is -0.121. The average molecular weight is 262 g/mol. The lowest BCUT2D eigenvalue weighted by atomic mass is 10.1. The van der Waals surface area contributed by atoms with Crippen molar-refractivity contribution < 1.29 is 9.59 Å². The zero-order valence-electron chi connectivity index (χ0n) is 10.00. The quantitative estimate of drug-likeness (QED) is 0.842. The molecule has 0 aliphatic carbocycles. The van der Waals surface area contributed by atoms with Crippen molar-refractivity contribution in [2.75, 3.05) is 6.26 Å². The molecule has 1 aromatic carbocycles. The van der Waals surface area contributed by atoms with Gasteiger partial charge in [-0.2, -0.15) is 0 Å². The summed E-state index contributed by atoms with van der Waals surface area (Å²) in [6.45, 7) is 0. The van der Waals surface area contributed by atoms with Gasteiger partial charge in [-0.1, -0.05) is 12.1 Å². The van der Waals surface area contributed by atoms with Crippen LogP contribution in [-0.4, -0.2) is 29.0 Å². The zero-order chi connectivity index (χ0) is 13.1. The van der Waals surface area contributed by atoms with Crippen molar-refractivity contribution in [3.8, 4) is 0 Å². The van der Waals surface area contributed by atoms with Crippen LogP contribution in [0.3, 0.4) is 0 Å². The second-order valence-electron chi connectivity index (χ2n) is 3.98. The number of nitrogens with two attached hydrogens (primary N) is 1. The molecule has 1 aliphatic rings. The number of hydrogen-bond donors (Lipinski definition) is 1. The summed E-state index contributed by atoms with van der Waals surface area (Å²) in [5.41, 5.74) is 5.85. The standard InChI is InChI=1S/C13H14N2O2S/c1-18-10-5-2-4-9(8-10)13(17)15-7-3-6-11(15)12(14)16/h2-5,7-8,11H,6H2,1H3,(H2,14,16). The van der Waals surface area contributed by atoms with Crippen LogP contribution in [0.5, 0.6) is 0 Å². The van der Waals surface area contributed by atoms with E-state index in [4.69, 9.17) is 5.73 Å². The van der Waals surface area contributed by atoms with E-state index in [1.165, 1.54) is 4.90 Å². The zero-order valence-corrected chi connectivity index (χ0v) is 10.8. The molecule has 1 aromatic rings. The lowest BCUT2D eigenvalue weighted by Gasteiger charge is -2.21. The monoisotopic (exact) mass is 262 g/mol. The van der Waals surface area contributed by atoms with Gasteiger partial charge in [0.05, 0.1) is 0 Å². The number of benzene rings is 1. The minimum atomic E-state index is -0.560. The van der Waals surface area contributed by atoms with Gasteiger partial charge in [0.2, 0.25) is 5.91 Å². The Morgan fingerprint density at radius 3 is 2.89 bits per heavy atom. The Morgan fingerprint density at radius 2 is 2.22 bits per heavy atom. The molecule has 1 heterocycles. The van der Waals surface area contributed by atoms with E-state index in [0.717, 1.165) is 4.90 Å². The van der Waals surface area contributed by atoms with Crippen LogP contribution in [0.2, 0.25) is 0 Å². The molecule has 0 saturated carbocycles. The molecule has 18 heavy (non-hydrogen) atoms. The number of primary amides is 1. The fourth-order valence-electron chi connectivity index (χ4n) is 1.89. The summed E-state index contributed by atoms with van der Waals surface area (Å²) in [7, 11) is 0. The summed E-state index contributed by atoms with van der Waals surface area (Å²) in [6, 6.07) is 6.77. The first-order valence-electron chi connectivity index (χ1n) is 5.56. The average Bonchev–Trinajstić information content (AvgIpc) is 2.87. The fourth-order valence-corrected chi connectivity index (χ4v) is 2.35. The Hall–Kier alpha value is -1.75. The van der Waals surface area contributed by atoms with E-state index in [1.54, 1.807) is 30.1 Å². The lowest BCUT2D eigenvalue weighted by Crippen LogP contribution is -2.42. The maximum absolute atomic E-state index is 12.3. The van der Waals surface area contributed by atoms with E-state index >= 15 is 0 Å². The summed E-state index contributed by atoms with van der Waals surface area (Å²) < 4.78 is 0. The van der Waals surface area contributed by atoms with E-state index in [0.29, 0.717) is 12.0 Å². The number of rotatable bonds is 3. The van der Waals surface area contributed by atoms with E-state index in [-0.39, 0.29) is 5.91 Å². The van der Waals surface area contributed by atoms with Gasteiger partial charge in [0.25, 0.3) is 5.91 Å². The first kappa shape index (κ1) is 12.7. The van der Waals surface area contributed by atoms with Crippen LogP contribution >= 0.6 is 11.8 Å². The fraction of sp³-hybridized carbons (Fsp3) is 0.231. The van der Waals surface area contributed by atoms with Gasteiger partial charge in [0.15, 0.2) is 0 Å². The van der Waals surface area contributed by atoms with Crippen molar-refractivity contribution in [2.45, 2.75) is 17.4 Å². The molecule has 4 nitrogen and oxygen atoms in total. The normalized spacial score (nSPS) is 18.1. The molecule has 2 rings (SSSR count). The summed E-state index contributed by atoms with van der Waals surface area (Å²) in [4.78, 5) is 26.0. The topological polar surface area (TPSA) is 63.4 Å². The highest BCUT2D eigenvalue weighted by Gasteiger charge is 2.29. The molecule has 0 saturated heterocycles. The van der Waals surface area contributed by atoms with Crippen LogP contribution in [-0.2, 0) is 4.79 Å². The van der Waals surface area contributed by atoms with E-state index in [9.17, 15) is 9.59 Å². The van der Waals surface area contributed by atoms with Gasteiger partial charge in [0.1, 0.15) is 6.04 Å². The van der Waals surface area contributed by atoms with Gasteiger partial charge < -0.3 is 10.6 Å². The first-order valence-corrected chi connectivity index (χ1v) is 6.78. The number of hydrogen-bond acceptors (Lipinski definition) is 3. The summed E-state index contributed by atoms with van der Waals surface area (Å²) in [5, 5.41) is 0. The minimum Gasteiger partial charge on any atom is -0.368 e. The number of carbonyl (C=O) groups excluding carboxylic acids is 2. The van der Waals surface area contributed by atoms with E-state index in [1.807, 2.05) is 24.5 Å². The Kier molecular flexibility index (Phi) is 3.72. The van der Waals surface area contributed by atoms with Crippen molar-refractivity contribution in [2.24, 2.45) is 5.73 Å². The minimum absolute atomic E-state index is 0.191. The SMILES string of the molecule is CSc1cccc(C(=O)N2C=CCC2C(N)=O)c1. The highest BCUT2D eigenvalue weighted by molar-refractivity contribution is 7.98. The van der Waals surface area contributed by atoms with Gasteiger partial charge in [0, 0.05) is 16.7 Å². The maximum atomic E-state index is 12.3. The van der Waals surface area contributed by atoms with Crippen molar-refractivity contribution in [1.82, 2.24) is 4.90 Å². The molecule has 0 bridgehead atoms. The number of amides is 2.